The molecule has 0 aromatic carbocycles. The van der Waals surface area contributed by atoms with E-state index in [1.54, 1.807) is 5.57 Å². The van der Waals surface area contributed by atoms with Crippen LogP contribution in [0.15, 0.2) is 23.3 Å². The van der Waals surface area contributed by atoms with E-state index in [4.69, 9.17) is 4.74 Å². The molecule has 240 valence electrons. The zero-order valence-corrected chi connectivity index (χ0v) is 27.8. The summed E-state index contributed by atoms with van der Waals surface area (Å²) in [5.41, 5.74) is 4.68. The summed E-state index contributed by atoms with van der Waals surface area (Å²) in [7, 11) is 0. The van der Waals surface area contributed by atoms with E-state index in [0.29, 0.717) is 34.1 Å². The molecule has 1 heterocycles. The molecule has 4 saturated carbocycles. The van der Waals surface area contributed by atoms with E-state index in [-0.39, 0.29) is 5.92 Å². The monoisotopic (exact) mass is 592 g/mol. The molecular weight excluding hydrogens is 532 g/mol. The van der Waals surface area contributed by atoms with Crippen LogP contribution in [-0.4, -0.2) is 60.9 Å². The highest BCUT2D eigenvalue weighted by Gasteiger charge is 2.68. The zero-order valence-electron chi connectivity index (χ0n) is 27.8. The minimum Gasteiger partial charge on any atom is -0.481 e. The van der Waals surface area contributed by atoms with E-state index in [1.165, 1.54) is 76.3 Å². The zero-order chi connectivity index (χ0) is 30.0. The van der Waals surface area contributed by atoms with Crippen molar-refractivity contribution in [3.63, 3.8) is 0 Å². The van der Waals surface area contributed by atoms with Crippen LogP contribution >= 0.6 is 0 Å². The summed E-state index contributed by atoms with van der Waals surface area (Å²) in [5.74, 6) is 3.05. The van der Waals surface area contributed by atoms with Crippen LogP contribution in [0.25, 0.3) is 0 Å². The molecule has 7 aliphatic rings. The number of nitrogens with zero attached hydrogens (tertiary/aromatic N) is 1. The molecule has 8 unspecified atom stereocenters. The van der Waals surface area contributed by atoms with Gasteiger partial charge in [-0.25, -0.2) is 0 Å². The SMILES string of the molecule is CC1C(C2=CCC(C(=O)O)CC2)=CCC2(C)C1CCC1(C)C2CCC2[C@H]3CCCC3(NCCN3CCOCC3)CC[C@]21C. The number of rotatable bonds is 6. The highest BCUT2D eigenvalue weighted by molar-refractivity contribution is 5.70. The third-order valence-corrected chi connectivity index (χ3v) is 15.7. The Morgan fingerprint density at radius 2 is 1.77 bits per heavy atom. The molecule has 1 saturated heterocycles. The molecule has 0 spiro atoms. The van der Waals surface area contributed by atoms with Crippen LogP contribution in [0.3, 0.4) is 0 Å². The quantitative estimate of drug-likeness (QED) is 0.335. The predicted octanol–water partition coefficient (Wildman–Crippen LogP) is 7.47. The van der Waals surface area contributed by atoms with Crippen molar-refractivity contribution in [1.29, 1.82) is 0 Å². The molecule has 0 aromatic heterocycles. The van der Waals surface area contributed by atoms with Gasteiger partial charge in [0.05, 0.1) is 19.1 Å². The molecule has 1 aliphatic heterocycles. The summed E-state index contributed by atoms with van der Waals surface area (Å²) in [6.45, 7) is 17.0. The summed E-state index contributed by atoms with van der Waals surface area (Å²) in [6.07, 6.45) is 21.2. The lowest BCUT2D eigenvalue weighted by Crippen LogP contribution is -2.67. The van der Waals surface area contributed by atoms with Gasteiger partial charge in [-0.15, -0.1) is 0 Å². The number of allylic oxidation sites excluding steroid dienone is 4. The molecule has 2 N–H and O–H groups in total. The van der Waals surface area contributed by atoms with Gasteiger partial charge in [0.25, 0.3) is 0 Å². The van der Waals surface area contributed by atoms with Crippen LogP contribution in [0.2, 0.25) is 0 Å². The first-order chi connectivity index (χ1) is 20.6. The number of fused-ring (bicyclic) bond motifs is 7. The number of ether oxygens (including phenoxy) is 1. The third kappa shape index (κ3) is 4.75. The third-order valence-electron chi connectivity index (χ3n) is 15.7. The van der Waals surface area contributed by atoms with Crippen LogP contribution in [0.1, 0.15) is 111 Å². The van der Waals surface area contributed by atoms with E-state index in [2.05, 4.69) is 50.1 Å². The molecule has 7 rings (SSSR count). The van der Waals surface area contributed by atoms with E-state index < -0.39 is 5.97 Å². The number of carboxylic acid groups (broad SMARTS) is 1. The number of hydrogen-bond donors (Lipinski definition) is 2. The molecule has 43 heavy (non-hydrogen) atoms. The van der Waals surface area contributed by atoms with Crippen molar-refractivity contribution >= 4 is 5.97 Å². The first kappa shape index (κ1) is 30.5. The molecule has 0 aromatic rings. The maximum atomic E-state index is 11.6. The van der Waals surface area contributed by atoms with E-state index in [1.807, 2.05) is 0 Å². The lowest BCUT2D eigenvalue weighted by molar-refractivity contribution is -0.212. The average molecular weight is 593 g/mol. The Balaban J connectivity index is 1.09. The van der Waals surface area contributed by atoms with Crippen LogP contribution in [0, 0.1) is 51.8 Å². The standard InChI is InChI=1S/C38H60N2O3/c1-26-29(27-7-9-28(10-8-27)34(41)42)13-16-35(2)30(26)14-17-37(4)33(35)12-11-31-32-6-5-15-38(32,19-18-36(31,37)3)39-20-21-40-22-24-43-25-23-40/h7,13,26,28,30-33,39H,5-6,8-12,14-25H2,1-4H3,(H,41,42)/t26?,28?,30?,31?,32-,33?,35?,36-,37?,38?/m1/s1. The van der Waals surface area contributed by atoms with Gasteiger partial charge < -0.3 is 15.2 Å². The normalized spacial score (nSPS) is 48.3. The van der Waals surface area contributed by atoms with Gasteiger partial charge >= 0.3 is 5.97 Å². The average Bonchev–Trinajstić information content (AvgIpc) is 3.42. The van der Waals surface area contributed by atoms with Crippen LogP contribution in [0.4, 0.5) is 0 Å². The fourth-order valence-corrected chi connectivity index (χ4v) is 13.1. The minimum absolute atomic E-state index is 0.186. The summed E-state index contributed by atoms with van der Waals surface area (Å²) in [4.78, 5) is 14.1. The summed E-state index contributed by atoms with van der Waals surface area (Å²) >= 11 is 0. The first-order valence-corrected chi connectivity index (χ1v) is 18.3. The Labute approximate surface area is 261 Å². The van der Waals surface area contributed by atoms with Gasteiger partial charge in [-0.05, 0) is 134 Å². The second kappa shape index (κ2) is 11.3. The first-order valence-electron chi connectivity index (χ1n) is 18.3. The highest BCUT2D eigenvalue weighted by Crippen LogP contribution is 2.75. The number of aliphatic carboxylic acids is 1. The van der Waals surface area contributed by atoms with Gasteiger partial charge in [0.1, 0.15) is 0 Å². The van der Waals surface area contributed by atoms with Gasteiger partial charge in [-0.3, -0.25) is 9.69 Å². The van der Waals surface area contributed by atoms with Crippen molar-refractivity contribution in [3.05, 3.63) is 23.3 Å². The van der Waals surface area contributed by atoms with Crippen molar-refractivity contribution in [2.24, 2.45) is 51.8 Å². The summed E-state index contributed by atoms with van der Waals surface area (Å²) < 4.78 is 5.59. The fourth-order valence-electron chi connectivity index (χ4n) is 13.1. The Hall–Kier alpha value is -1.17. The fraction of sp³-hybridized carbons (Fsp3) is 0.868. The second-order valence-electron chi connectivity index (χ2n) is 16.9. The molecule has 5 nitrogen and oxygen atoms in total. The molecule has 0 amide bonds. The van der Waals surface area contributed by atoms with Crippen molar-refractivity contribution < 1.29 is 14.6 Å². The highest BCUT2D eigenvalue weighted by atomic mass is 16.5. The number of hydrogen-bond acceptors (Lipinski definition) is 4. The summed E-state index contributed by atoms with van der Waals surface area (Å²) in [6, 6.07) is 0. The molecule has 10 atom stereocenters. The Morgan fingerprint density at radius 1 is 0.953 bits per heavy atom. The smallest absolute Gasteiger partial charge is 0.306 e. The molecule has 5 fully saturated rings. The van der Waals surface area contributed by atoms with Gasteiger partial charge in [0, 0.05) is 31.7 Å². The van der Waals surface area contributed by atoms with Gasteiger partial charge in [0.2, 0.25) is 0 Å². The number of morpholine rings is 1. The molecule has 0 bridgehead atoms. The van der Waals surface area contributed by atoms with Crippen LogP contribution < -0.4 is 5.32 Å². The van der Waals surface area contributed by atoms with Crippen molar-refractivity contribution in [1.82, 2.24) is 10.2 Å². The van der Waals surface area contributed by atoms with Crippen molar-refractivity contribution in [2.45, 2.75) is 117 Å². The second-order valence-corrected chi connectivity index (χ2v) is 16.9. The molecular formula is C38H60N2O3. The maximum absolute atomic E-state index is 11.6. The Kier molecular flexibility index (Phi) is 7.99. The van der Waals surface area contributed by atoms with Gasteiger partial charge in [-0.1, -0.05) is 46.3 Å². The lowest BCUT2D eigenvalue weighted by atomic mass is 9.34. The largest absolute Gasteiger partial charge is 0.481 e. The van der Waals surface area contributed by atoms with Gasteiger partial charge in [0.15, 0.2) is 0 Å². The van der Waals surface area contributed by atoms with Crippen molar-refractivity contribution in [2.75, 3.05) is 39.4 Å². The Bertz CT molecular complexity index is 1140. The number of carbonyl (C=O) groups is 1. The summed E-state index contributed by atoms with van der Waals surface area (Å²) in [5, 5.41) is 13.8. The number of carboxylic acids is 1. The van der Waals surface area contributed by atoms with E-state index >= 15 is 0 Å². The van der Waals surface area contributed by atoms with Crippen molar-refractivity contribution in [3.8, 4) is 0 Å². The van der Waals surface area contributed by atoms with Gasteiger partial charge in [-0.2, -0.15) is 0 Å². The van der Waals surface area contributed by atoms with Crippen LogP contribution in [-0.2, 0) is 9.53 Å². The Morgan fingerprint density at radius 3 is 2.51 bits per heavy atom. The lowest BCUT2D eigenvalue weighted by Gasteiger charge is -2.71. The van der Waals surface area contributed by atoms with Crippen LogP contribution in [0.5, 0.6) is 0 Å². The topological polar surface area (TPSA) is 61.8 Å². The number of nitrogens with one attached hydrogen (secondary N) is 1. The minimum atomic E-state index is -0.620. The van der Waals surface area contributed by atoms with E-state index in [9.17, 15) is 9.90 Å². The molecule has 0 radical (unpaired) electrons. The predicted molar refractivity (Wildman–Crippen MR) is 173 cm³/mol. The maximum Gasteiger partial charge on any atom is 0.306 e. The molecule has 6 aliphatic carbocycles. The van der Waals surface area contributed by atoms with E-state index in [0.717, 1.165) is 69.4 Å². The molecule has 5 heteroatoms.